The molecule has 0 unspecified atom stereocenters. The third-order valence-electron chi connectivity index (χ3n) is 2.30. The third kappa shape index (κ3) is 2.28. The van der Waals surface area contributed by atoms with E-state index in [1.807, 2.05) is 0 Å². The molecule has 1 atom stereocenters. The Hall–Kier alpha value is -0.420. The molecule has 0 amide bonds. The van der Waals surface area contributed by atoms with Gasteiger partial charge in [-0.05, 0) is 12.8 Å². The number of ketones is 1. The van der Waals surface area contributed by atoms with Gasteiger partial charge in [-0.2, -0.15) is 0 Å². The zero-order valence-corrected chi connectivity index (χ0v) is 8.38. The van der Waals surface area contributed by atoms with E-state index in [-0.39, 0.29) is 17.5 Å². The molecule has 1 aliphatic carbocycles. The maximum Gasteiger partial charge on any atom is 0.162 e. The normalized spacial score (nSPS) is 19.8. The Balaban J connectivity index is 2.77. The fraction of sp³-hybridized carbons (Fsp3) is 0.875. The number of aliphatic hydroxyl groups excluding tert-OH is 1. The van der Waals surface area contributed by atoms with Gasteiger partial charge in [-0.1, -0.05) is 6.92 Å². The van der Waals surface area contributed by atoms with Crippen molar-refractivity contribution >= 4 is 15.6 Å². The number of Topliss-reactive ketones (excluding diaryl/α,β-unsaturated/α-hetero) is 1. The van der Waals surface area contributed by atoms with Crippen LogP contribution in [0, 0.1) is 5.92 Å². The minimum Gasteiger partial charge on any atom is -0.395 e. The summed E-state index contributed by atoms with van der Waals surface area (Å²) in [4.78, 5) is 11.4. The van der Waals surface area contributed by atoms with E-state index >= 15 is 0 Å². The second-order valence-corrected chi connectivity index (χ2v) is 5.77. The SMILES string of the molecule is CCS(=O)(=O)[C@@H](CO)C(=O)C1CC1. The molecule has 13 heavy (non-hydrogen) atoms. The van der Waals surface area contributed by atoms with Crippen LogP contribution in [0.25, 0.3) is 0 Å². The first-order valence-corrected chi connectivity index (χ1v) is 6.10. The van der Waals surface area contributed by atoms with Gasteiger partial charge in [-0.3, -0.25) is 4.79 Å². The third-order valence-corrected chi connectivity index (χ3v) is 4.35. The zero-order chi connectivity index (χ0) is 10.1. The van der Waals surface area contributed by atoms with Crippen LogP contribution in [-0.2, 0) is 14.6 Å². The van der Waals surface area contributed by atoms with Crippen LogP contribution in [0.4, 0.5) is 0 Å². The molecular formula is C8H14O4S. The van der Waals surface area contributed by atoms with E-state index in [2.05, 4.69) is 0 Å². The lowest BCUT2D eigenvalue weighted by molar-refractivity contribution is -0.120. The van der Waals surface area contributed by atoms with Crippen molar-refractivity contribution in [2.24, 2.45) is 5.92 Å². The number of hydrogen-bond acceptors (Lipinski definition) is 4. The van der Waals surface area contributed by atoms with Crippen LogP contribution in [0.1, 0.15) is 19.8 Å². The van der Waals surface area contributed by atoms with Crippen LogP contribution in [0.15, 0.2) is 0 Å². The second-order valence-electron chi connectivity index (χ2n) is 3.30. The molecule has 5 heteroatoms. The fourth-order valence-electron chi connectivity index (χ4n) is 1.21. The van der Waals surface area contributed by atoms with Crippen molar-refractivity contribution in [3.63, 3.8) is 0 Å². The summed E-state index contributed by atoms with van der Waals surface area (Å²) in [5.74, 6) is -0.501. The molecule has 0 aromatic carbocycles. The number of sulfone groups is 1. The van der Waals surface area contributed by atoms with E-state index in [4.69, 9.17) is 5.11 Å². The fourth-order valence-corrected chi connectivity index (χ4v) is 2.39. The Morgan fingerprint density at radius 2 is 2.08 bits per heavy atom. The largest absolute Gasteiger partial charge is 0.395 e. The van der Waals surface area contributed by atoms with Crippen molar-refractivity contribution in [2.75, 3.05) is 12.4 Å². The Morgan fingerprint density at radius 3 is 2.38 bits per heavy atom. The summed E-state index contributed by atoms with van der Waals surface area (Å²) in [5, 5.41) is 7.66. The van der Waals surface area contributed by atoms with Crippen LogP contribution in [0.2, 0.25) is 0 Å². The van der Waals surface area contributed by atoms with E-state index < -0.39 is 21.7 Å². The molecular weight excluding hydrogens is 192 g/mol. The summed E-state index contributed by atoms with van der Waals surface area (Å²) in [5.41, 5.74) is 0. The number of carbonyl (C=O) groups is 1. The topological polar surface area (TPSA) is 71.4 Å². The average Bonchev–Trinajstić information content (AvgIpc) is 2.87. The zero-order valence-electron chi connectivity index (χ0n) is 7.56. The lowest BCUT2D eigenvalue weighted by Crippen LogP contribution is -2.35. The van der Waals surface area contributed by atoms with E-state index in [1.54, 1.807) is 0 Å². The molecule has 4 nitrogen and oxygen atoms in total. The quantitative estimate of drug-likeness (QED) is 0.674. The van der Waals surface area contributed by atoms with E-state index in [1.165, 1.54) is 6.92 Å². The molecule has 0 heterocycles. The standard InChI is InChI=1S/C8H14O4S/c1-2-13(11,12)7(5-9)8(10)6-3-4-6/h6-7,9H,2-5H2,1H3/t7-/m0/s1. The van der Waals surface area contributed by atoms with Gasteiger partial charge in [0.2, 0.25) is 0 Å². The van der Waals surface area contributed by atoms with Crippen molar-refractivity contribution in [1.82, 2.24) is 0 Å². The van der Waals surface area contributed by atoms with Crippen LogP contribution in [0.5, 0.6) is 0 Å². The van der Waals surface area contributed by atoms with Gasteiger partial charge in [0.1, 0.15) is 5.25 Å². The maximum absolute atomic E-state index is 11.4. The molecule has 0 spiro atoms. The molecule has 76 valence electrons. The molecule has 1 rings (SSSR count). The average molecular weight is 206 g/mol. The van der Waals surface area contributed by atoms with Gasteiger partial charge < -0.3 is 5.11 Å². The predicted molar refractivity (Wildman–Crippen MR) is 48.1 cm³/mol. The van der Waals surface area contributed by atoms with Crippen molar-refractivity contribution in [1.29, 1.82) is 0 Å². The molecule has 1 fully saturated rings. The first-order valence-electron chi connectivity index (χ1n) is 4.39. The smallest absolute Gasteiger partial charge is 0.162 e. The summed E-state index contributed by atoms with van der Waals surface area (Å²) in [6.45, 7) is 0.906. The van der Waals surface area contributed by atoms with Crippen LogP contribution in [0.3, 0.4) is 0 Å². The summed E-state index contributed by atoms with van der Waals surface area (Å²) in [7, 11) is -3.41. The van der Waals surface area contributed by atoms with Crippen molar-refractivity contribution in [3.8, 4) is 0 Å². The molecule has 0 radical (unpaired) electrons. The number of carbonyl (C=O) groups excluding carboxylic acids is 1. The molecule has 0 saturated heterocycles. The lowest BCUT2D eigenvalue weighted by Gasteiger charge is -2.11. The van der Waals surface area contributed by atoms with Gasteiger partial charge in [0.25, 0.3) is 0 Å². The monoisotopic (exact) mass is 206 g/mol. The van der Waals surface area contributed by atoms with Gasteiger partial charge in [-0.15, -0.1) is 0 Å². The van der Waals surface area contributed by atoms with E-state index in [9.17, 15) is 13.2 Å². The van der Waals surface area contributed by atoms with Crippen LogP contribution in [-0.4, -0.2) is 36.9 Å². The maximum atomic E-state index is 11.4. The van der Waals surface area contributed by atoms with Gasteiger partial charge in [0.15, 0.2) is 15.6 Å². The summed E-state index contributed by atoms with van der Waals surface area (Å²) in [6, 6.07) is 0. The molecule has 1 N–H and O–H groups in total. The number of hydrogen-bond donors (Lipinski definition) is 1. The minimum atomic E-state index is -3.41. The summed E-state index contributed by atoms with van der Waals surface area (Å²) in [6.07, 6.45) is 1.54. The number of aliphatic hydroxyl groups is 1. The Bertz CT molecular complexity index is 289. The minimum absolute atomic E-state index is 0.0866. The Labute approximate surface area is 77.9 Å². The predicted octanol–water partition coefficient (Wildman–Crippen LogP) is -0.239. The highest BCUT2D eigenvalue weighted by molar-refractivity contribution is 7.92. The van der Waals surface area contributed by atoms with Gasteiger partial charge in [0, 0.05) is 11.7 Å². The highest BCUT2D eigenvalue weighted by Gasteiger charge is 2.39. The van der Waals surface area contributed by atoms with Crippen molar-refractivity contribution in [3.05, 3.63) is 0 Å². The van der Waals surface area contributed by atoms with Gasteiger partial charge in [0.05, 0.1) is 6.61 Å². The lowest BCUT2D eigenvalue weighted by atomic mass is 10.2. The molecule has 0 bridgehead atoms. The molecule has 1 saturated carbocycles. The highest BCUT2D eigenvalue weighted by Crippen LogP contribution is 2.32. The molecule has 1 aliphatic rings. The van der Waals surface area contributed by atoms with Gasteiger partial charge >= 0.3 is 0 Å². The van der Waals surface area contributed by atoms with Crippen LogP contribution < -0.4 is 0 Å². The van der Waals surface area contributed by atoms with Crippen molar-refractivity contribution in [2.45, 2.75) is 25.0 Å². The second kappa shape index (κ2) is 3.75. The summed E-state index contributed by atoms with van der Waals surface area (Å²) < 4.78 is 22.6. The van der Waals surface area contributed by atoms with E-state index in [0.717, 1.165) is 12.8 Å². The Kier molecular flexibility index (Phi) is 3.08. The van der Waals surface area contributed by atoms with Crippen molar-refractivity contribution < 1.29 is 18.3 Å². The molecule has 0 aromatic rings. The Morgan fingerprint density at radius 1 is 1.54 bits per heavy atom. The molecule has 0 aromatic heterocycles. The first-order chi connectivity index (χ1) is 6.03. The highest BCUT2D eigenvalue weighted by atomic mass is 32.2. The first kappa shape index (κ1) is 10.7. The number of rotatable bonds is 5. The van der Waals surface area contributed by atoms with Gasteiger partial charge in [-0.25, -0.2) is 8.42 Å². The molecule has 0 aliphatic heterocycles. The van der Waals surface area contributed by atoms with E-state index in [0.29, 0.717) is 0 Å². The summed E-state index contributed by atoms with van der Waals surface area (Å²) >= 11 is 0. The van der Waals surface area contributed by atoms with Crippen LogP contribution >= 0.6 is 0 Å².